The van der Waals surface area contributed by atoms with Crippen molar-refractivity contribution in [3.63, 3.8) is 0 Å². The predicted molar refractivity (Wildman–Crippen MR) is 132 cm³/mol. The fourth-order valence-corrected chi connectivity index (χ4v) is 5.55. The molecule has 2 unspecified atom stereocenters. The first-order chi connectivity index (χ1) is 14.3. The molecular weight excluding hydrogens is 389 g/mol. The van der Waals surface area contributed by atoms with Gasteiger partial charge in [-0.2, -0.15) is 0 Å². The highest BCUT2D eigenvalue weighted by atomic mass is 31.1. The lowest BCUT2D eigenvalue weighted by Gasteiger charge is -2.39. The molecule has 0 saturated heterocycles. The number of nitrogens with zero attached hydrogens (tertiary/aromatic N) is 1. The summed E-state index contributed by atoms with van der Waals surface area (Å²) in [6, 6.07) is 0. The molecule has 0 fully saturated rings. The molecule has 2 atom stereocenters. The largest absolute Gasteiger partial charge is 0.590 e. The van der Waals surface area contributed by atoms with Crippen LogP contribution in [-0.2, 0) is 4.57 Å². The van der Waals surface area contributed by atoms with Crippen molar-refractivity contribution in [2.75, 3.05) is 21.1 Å². The number of rotatable bonds is 21. The van der Waals surface area contributed by atoms with E-state index in [1.54, 1.807) is 0 Å². The van der Waals surface area contributed by atoms with E-state index in [9.17, 15) is 9.46 Å². The smallest absolute Gasteiger partial charge is 0.376 e. The van der Waals surface area contributed by atoms with Crippen molar-refractivity contribution >= 4 is 8.03 Å². The maximum atomic E-state index is 11.9. The van der Waals surface area contributed by atoms with Crippen LogP contribution >= 0.6 is 8.03 Å². The van der Waals surface area contributed by atoms with Gasteiger partial charge in [0.15, 0.2) is 0 Å². The van der Waals surface area contributed by atoms with Gasteiger partial charge in [0.05, 0.1) is 21.1 Å². The maximum Gasteiger partial charge on any atom is 0.376 e. The van der Waals surface area contributed by atoms with Crippen LogP contribution in [0.5, 0.6) is 0 Å². The summed E-state index contributed by atoms with van der Waals surface area (Å²) in [6.07, 6.45) is 27.2. The van der Waals surface area contributed by atoms with Crippen LogP contribution < -0.4 is 4.89 Å². The van der Waals surface area contributed by atoms with Gasteiger partial charge < -0.3 is 4.89 Å². The highest BCUT2D eigenvalue weighted by molar-refractivity contribution is 7.38. The minimum Gasteiger partial charge on any atom is -0.590 e. The van der Waals surface area contributed by atoms with Crippen LogP contribution in [0.1, 0.15) is 129 Å². The van der Waals surface area contributed by atoms with Gasteiger partial charge >= 0.3 is 8.03 Å². The predicted octanol–water partition coefficient (Wildman–Crippen LogP) is 8.11. The van der Waals surface area contributed by atoms with Gasteiger partial charge in [-0.05, 0) is 32.1 Å². The van der Waals surface area contributed by atoms with Gasteiger partial charge in [-0.3, -0.25) is 4.48 Å². The monoisotopic (exact) mass is 442 g/mol. The Kier molecular flexibility index (Phi) is 18.2. The highest BCUT2D eigenvalue weighted by Crippen LogP contribution is 2.44. The summed E-state index contributed by atoms with van der Waals surface area (Å²) in [5, 5.41) is -0.617. The van der Waals surface area contributed by atoms with Gasteiger partial charge in [0.2, 0.25) is 0 Å². The summed E-state index contributed by atoms with van der Waals surface area (Å²) < 4.78 is 12.4. The molecule has 3 nitrogen and oxygen atoms in total. The fraction of sp³-hybridized carbons (Fsp3) is 0.923. The molecule has 0 aromatic heterocycles. The van der Waals surface area contributed by atoms with E-state index in [1.807, 2.05) is 28.1 Å². The fourth-order valence-electron chi connectivity index (χ4n) is 4.46. The Labute approximate surface area is 190 Å². The van der Waals surface area contributed by atoms with E-state index >= 15 is 0 Å². The van der Waals surface area contributed by atoms with E-state index in [4.69, 9.17) is 0 Å². The molecule has 0 radical (unpaired) electrons. The Balaban J connectivity index is 3.61. The molecule has 0 saturated carbocycles. The van der Waals surface area contributed by atoms with E-state index in [0.717, 1.165) is 25.7 Å². The molecule has 0 aromatic carbocycles. The van der Waals surface area contributed by atoms with Crippen molar-refractivity contribution in [1.82, 2.24) is 0 Å². The lowest BCUT2D eigenvalue weighted by atomic mass is 10.0. The molecule has 0 aliphatic rings. The van der Waals surface area contributed by atoms with Gasteiger partial charge in [0.25, 0.3) is 5.28 Å². The Bertz CT molecular complexity index is 445. The second-order valence-electron chi connectivity index (χ2n) is 10.0. The van der Waals surface area contributed by atoms with E-state index in [2.05, 4.69) is 19.1 Å². The van der Waals surface area contributed by atoms with E-state index in [1.165, 1.54) is 83.5 Å². The van der Waals surface area contributed by atoms with Crippen LogP contribution in [-0.4, -0.2) is 30.9 Å². The molecule has 0 N–H and O–H groups in total. The molecule has 0 aliphatic heterocycles. The Hall–Kier alpha value is -0.240. The van der Waals surface area contributed by atoms with Crippen LogP contribution in [0, 0.1) is 0 Å². The third kappa shape index (κ3) is 13.2. The molecule has 0 bridgehead atoms. The first-order valence-electron chi connectivity index (χ1n) is 12.9. The second-order valence-corrected chi connectivity index (χ2v) is 11.3. The molecule has 178 valence electrons. The SMILES string of the molecule is CCCCCCCCCCCCCCC=CCCCCC(CC)([P+](=O)[O-])[N+](C)(C)C. The normalized spacial score (nSPS) is 14.9. The minimum atomic E-state index is -2.43. The first-order valence-corrected chi connectivity index (χ1v) is 14.1. The van der Waals surface area contributed by atoms with Gasteiger partial charge in [0, 0.05) is 12.8 Å². The lowest BCUT2D eigenvalue weighted by molar-refractivity contribution is -0.910. The number of hydrogen-bond donors (Lipinski definition) is 0. The highest BCUT2D eigenvalue weighted by Gasteiger charge is 2.52. The summed E-state index contributed by atoms with van der Waals surface area (Å²) in [7, 11) is 3.58. The Morgan fingerprint density at radius 1 is 0.700 bits per heavy atom. The third-order valence-corrected chi connectivity index (χ3v) is 8.56. The third-order valence-electron chi connectivity index (χ3n) is 6.74. The van der Waals surface area contributed by atoms with Gasteiger partial charge in [-0.15, -0.1) is 0 Å². The van der Waals surface area contributed by atoms with Crippen molar-refractivity contribution in [3.05, 3.63) is 12.2 Å². The van der Waals surface area contributed by atoms with Crippen molar-refractivity contribution in [2.24, 2.45) is 0 Å². The molecule has 0 rings (SSSR count). The van der Waals surface area contributed by atoms with Crippen molar-refractivity contribution in [3.8, 4) is 0 Å². The molecule has 0 amide bonds. The minimum absolute atomic E-state index is 0.497. The van der Waals surface area contributed by atoms with Crippen molar-refractivity contribution < 1.29 is 13.9 Å². The summed E-state index contributed by atoms with van der Waals surface area (Å²) in [4.78, 5) is 11.9. The van der Waals surface area contributed by atoms with Gasteiger partial charge in [0.1, 0.15) is 0 Å². The number of quaternary nitrogens is 1. The lowest BCUT2D eigenvalue weighted by Crippen LogP contribution is -2.55. The number of unbranched alkanes of at least 4 members (excludes halogenated alkanes) is 14. The number of hydrogen-bond acceptors (Lipinski definition) is 2. The van der Waals surface area contributed by atoms with Gasteiger partial charge in [-0.25, -0.2) is 0 Å². The van der Waals surface area contributed by atoms with Crippen LogP contribution in [0.2, 0.25) is 0 Å². The summed E-state index contributed by atoms with van der Waals surface area (Å²) in [5.74, 6) is 0. The van der Waals surface area contributed by atoms with Crippen LogP contribution in [0.15, 0.2) is 12.2 Å². The summed E-state index contributed by atoms with van der Waals surface area (Å²) >= 11 is 0. The molecule has 0 aliphatic carbocycles. The average Bonchev–Trinajstić information content (AvgIpc) is 2.68. The standard InChI is InChI=1S/C26H53NO2P/c1-6-8-9-10-11-12-13-14-15-16-17-18-19-20-21-22-23-24-25-26(7-2,30(28)29)27(3,4)5/h20-21H,6-19,22-25H2,1-5H3/q+1. The molecular formula is C26H53NO2P+. The van der Waals surface area contributed by atoms with Crippen LogP contribution in [0.4, 0.5) is 0 Å². The molecule has 0 heterocycles. The topological polar surface area (TPSA) is 40.1 Å². The zero-order chi connectivity index (χ0) is 22.7. The van der Waals surface area contributed by atoms with Crippen molar-refractivity contribution in [2.45, 2.75) is 135 Å². The zero-order valence-corrected chi connectivity index (χ0v) is 22.0. The van der Waals surface area contributed by atoms with Gasteiger partial charge in [-0.1, -0.05) is 101 Å². The molecule has 0 aromatic rings. The number of allylic oxidation sites excluding steroid dienone is 2. The Morgan fingerprint density at radius 3 is 1.47 bits per heavy atom. The average molecular weight is 443 g/mol. The van der Waals surface area contributed by atoms with Crippen molar-refractivity contribution in [1.29, 1.82) is 0 Å². The molecule has 30 heavy (non-hydrogen) atoms. The molecule has 0 spiro atoms. The second kappa shape index (κ2) is 18.3. The molecule has 4 heteroatoms. The summed E-state index contributed by atoms with van der Waals surface area (Å²) in [6.45, 7) is 4.28. The van der Waals surface area contributed by atoms with E-state index in [-0.39, 0.29) is 0 Å². The van der Waals surface area contributed by atoms with Crippen LogP contribution in [0.3, 0.4) is 0 Å². The maximum absolute atomic E-state index is 11.9. The van der Waals surface area contributed by atoms with E-state index in [0.29, 0.717) is 10.9 Å². The quantitative estimate of drug-likeness (QED) is 0.0779. The summed E-state index contributed by atoms with van der Waals surface area (Å²) in [5.41, 5.74) is 0. The first kappa shape index (κ1) is 29.8. The van der Waals surface area contributed by atoms with E-state index < -0.39 is 13.3 Å². The zero-order valence-electron chi connectivity index (χ0n) is 21.1. The Morgan fingerprint density at radius 2 is 1.10 bits per heavy atom. The van der Waals surface area contributed by atoms with Crippen LogP contribution in [0.25, 0.3) is 0 Å².